The summed E-state index contributed by atoms with van der Waals surface area (Å²) in [4.78, 5) is 34.4. The lowest BCUT2D eigenvalue weighted by molar-refractivity contribution is -0.136. The van der Waals surface area contributed by atoms with Gasteiger partial charge in [-0.2, -0.15) is 0 Å². The second-order valence-electron chi connectivity index (χ2n) is 7.11. The molecule has 1 atom stereocenters. The van der Waals surface area contributed by atoms with E-state index in [-0.39, 0.29) is 24.1 Å². The van der Waals surface area contributed by atoms with Crippen LogP contribution in [0.1, 0.15) is 11.6 Å². The number of benzene rings is 2. The minimum atomic E-state index is -0.204. The Balaban J connectivity index is 1.63. The van der Waals surface area contributed by atoms with E-state index in [2.05, 4.69) is 32.9 Å². The van der Waals surface area contributed by atoms with Gasteiger partial charge in [0.05, 0.1) is 23.3 Å². The first kappa shape index (κ1) is 18.8. The Morgan fingerprint density at radius 2 is 1.96 bits per heavy atom. The maximum atomic E-state index is 13.1. The number of piperazine rings is 1. The van der Waals surface area contributed by atoms with Gasteiger partial charge in [0.1, 0.15) is 6.54 Å². The zero-order chi connectivity index (χ0) is 19.7. The number of likely N-dealkylation sites (N-methyl/N-ethyl adjacent to an activating group) is 1. The summed E-state index contributed by atoms with van der Waals surface area (Å²) in [6, 6.07) is 15.4. The molecule has 6 nitrogen and oxygen atoms in total. The average molecular weight is 441 g/mol. The van der Waals surface area contributed by atoms with E-state index in [1.165, 1.54) is 10.9 Å². The summed E-state index contributed by atoms with van der Waals surface area (Å²) in [5.74, 6) is -0.0693. The van der Waals surface area contributed by atoms with E-state index >= 15 is 0 Å². The molecule has 144 valence electrons. The van der Waals surface area contributed by atoms with Crippen molar-refractivity contribution in [3.05, 3.63) is 75.2 Å². The molecule has 7 heteroatoms. The van der Waals surface area contributed by atoms with Gasteiger partial charge in [0, 0.05) is 24.1 Å². The van der Waals surface area contributed by atoms with Crippen LogP contribution < -0.4 is 5.56 Å². The van der Waals surface area contributed by atoms with Gasteiger partial charge < -0.3 is 9.80 Å². The van der Waals surface area contributed by atoms with E-state index < -0.39 is 0 Å². The minimum Gasteiger partial charge on any atom is -0.332 e. The molecule has 1 amide bonds. The molecule has 0 aliphatic carbocycles. The van der Waals surface area contributed by atoms with Crippen LogP contribution in [-0.2, 0) is 11.3 Å². The van der Waals surface area contributed by atoms with Crippen molar-refractivity contribution in [3.63, 3.8) is 0 Å². The lowest BCUT2D eigenvalue weighted by atomic mass is 10.0. The molecule has 3 aromatic rings. The van der Waals surface area contributed by atoms with Crippen molar-refractivity contribution < 1.29 is 4.79 Å². The zero-order valence-corrected chi connectivity index (χ0v) is 17.2. The summed E-state index contributed by atoms with van der Waals surface area (Å²) in [6.45, 7) is 2.21. The standard InChI is InChI=1S/C21H21BrN4O2/c1-24-9-10-26(19(12-24)15-5-3-2-4-6-15)20(27)13-25-14-23-18-8-7-16(22)11-17(18)21(25)28/h2-8,11,14,19H,9-10,12-13H2,1H3. The molecule has 2 heterocycles. The number of amides is 1. The van der Waals surface area contributed by atoms with E-state index in [4.69, 9.17) is 0 Å². The maximum Gasteiger partial charge on any atom is 0.261 e. The molecule has 2 aromatic carbocycles. The Morgan fingerprint density at radius 3 is 2.75 bits per heavy atom. The molecule has 0 N–H and O–H groups in total. The number of aromatic nitrogens is 2. The van der Waals surface area contributed by atoms with Gasteiger partial charge in [-0.25, -0.2) is 4.98 Å². The molecule has 1 aliphatic heterocycles. The van der Waals surface area contributed by atoms with Gasteiger partial charge in [0.2, 0.25) is 5.91 Å². The Hall–Kier alpha value is -2.51. The number of carbonyl (C=O) groups excluding carboxylic acids is 1. The van der Waals surface area contributed by atoms with E-state index in [0.717, 1.165) is 23.1 Å². The third-order valence-electron chi connectivity index (χ3n) is 5.18. The average Bonchev–Trinajstić information content (AvgIpc) is 2.71. The van der Waals surface area contributed by atoms with Crippen molar-refractivity contribution in [2.75, 3.05) is 26.7 Å². The van der Waals surface area contributed by atoms with Crippen LogP contribution in [-0.4, -0.2) is 51.9 Å². The maximum absolute atomic E-state index is 13.1. The third kappa shape index (κ3) is 3.72. The smallest absolute Gasteiger partial charge is 0.261 e. The Bertz CT molecular complexity index is 1070. The summed E-state index contributed by atoms with van der Waals surface area (Å²) >= 11 is 3.39. The summed E-state index contributed by atoms with van der Waals surface area (Å²) in [5.41, 5.74) is 1.53. The topological polar surface area (TPSA) is 58.4 Å². The van der Waals surface area contributed by atoms with Gasteiger partial charge in [-0.15, -0.1) is 0 Å². The van der Waals surface area contributed by atoms with E-state index in [9.17, 15) is 9.59 Å². The zero-order valence-electron chi connectivity index (χ0n) is 15.6. The molecule has 1 unspecified atom stereocenters. The largest absolute Gasteiger partial charge is 0.332 e. The van der Waals surface area contributed by atoms with Gasteiger partial charge in [-0.05, 0) is 30.8 Å². The van der Waals surface area contributed by atoms with Crippen LogP contribution in [0.4, 0.5) is 0 Å². The molecule has 0 bridgehead atoms. The number of halogens is 1. The molecule has 1 fully saturated rings. The highest BCUT2D eigenvalue weighted by Gasteiger charge is 2.30. The Labute approximate surface area is 171 Å². The van der Waals surface area contributed by atoms with Crippen LogP contribution in [0.5, 0.6) is 0 Å². The molecule has 0 radical (unpaired) electrons. The third-order valence-corrected chi connectivity index (χ3v) is 5.67. The summed E-state index contributed by atoms with van der Waals surface area (Å²) in [6.07, 6.45) is 1.46. The Kier molecular flexibility index (Phi) is 5.28. The molecular formula is C21H21BrN4O2. The molecule has 1 saturated heterocycles. The van der Waals surface area contributed by atoms with E-state index in [1.54, 1.807) is 12.1 Å². The summed E-state index contributed by atoms with van der Waals surface area (Å²) < 4.78 is 2.21. The number of carbonyl (C=O) groups is 1. The number of fused-ring (bicyclic) bond motifs is 1. The van der Waals surface area contributed by atoms with Crippen molar-refractivity contribution in [2.45, 2.75) is 12.6 Å². The van der Waals surface area contributed by atoms with Crippen molar-refractivity contribution in [1.29, 1.82) is 0 Å². The van der Waals surface area contributed by atoms with Crippen LogP contribution in [0.2, 0.25) is 0 Å². The monoisotopic (exact) mass is 440 g/mol. The lowest BCUT2D eigenvalue weighted by Gasteiger charge is -2.40. The van der Waals surface area contributed by atoms with Crippen molar-refractivity contribution in [1.82, 2.24) is 19.4 Å². The normalized spacial score (nSPS) is 17.8. The summed E-state index contributed by atoms with van der Waals surface area (Å²) in [5, 5.41) is 0.502. The van der Waals surface area contributed by atoms with Gasteiger partial charge in [-0.3, -0.25) is 14.2 Å². The Morgan fingerprint density at radius 1 is 1.18 bits per heavy atom. The molecule has 4 rings (SSSR count). The van der Waals surface area contributed by atoms with E-state index in [0.29, 0.717) is 17.4 Å². The second-order valence-corrected chi connectivity index (χ2v) is 8.03. The number of nitrogens with zero attached hydrogens (tertiary/aromatic N) is 4. The van der Waals surface area contributed by atoms with Crippen molar-refractivity contribution in [3.8, 4) is 0 Å². The second kappa shape index (κ2) is 7.85. The van der Waals surface area contributed by atoms with Crippen LogP contribution in [0, 0.1) is 0 Å². The van der Waals surface area contributed by atoms with Gasteiger partial charge in [-0.1, -0.05) is 46.3 Å². The van der Waals surface area contributed by atoms with Crippen LogP contribution in [0.15, 0.2) is 64.1 Å². The quantitative estimate of drug-likeness (QED) is 0.627. The molecule has 0 spiro atoms. The predicted octanol–water partition coefficient (Wildman–Crippen LogP) is 2.67. The first-order chi connectivity index (χ1) is 13.5. The van der Waals surface area contributed by atoms with Crippen LogP contribution in [0.3, 0.4) is 0 Å². The molecular weight excluding hydrogens is 420 g/mol. The fourth-order valence-corrected chi connectivity index (χ4v) is 4.02. The first-order valence-corrected chi connectivity index (χ1v) is 10.00. The van der Waals surface area contributed by atoms with Crippen LogP contribution in [0.25, 0.3) is 10.9 Å². The molecule has 1 aromatic heterocycles. The number of rotatable bonds is 3. The highest BCUT2D eigenvalue weighted by molar-refractivity contribution is 9.10. The highest BCUT2D eigenvalue weighted by Crippen LogP contribution is 2.25. The molecule has 28 heavy (non-hydrogen) atoms. The fraction of sp³-hybridized carbons (Fsp3) is 0.286. The van der Waals surface area contributed by atoms with E-state index in [1.807, 2.05) is 41.3 Å². The van der Waals surface area contributed by atoms with Gasteiger partial charge in [0.15, 0.2) is 0 Å². The van der Waals surface area contributed by atoms with Gasteiger partial charge >= 0.3 is 0 Å². The number of hydrogen-bond acceptors (Lipinski definition) is 4. The minimum absolute atomic E-state index is 0.0126. The predicted molar refractivity (Wildman–Crippen MR) is 112 cm³/mol. The highest BCUT2D eigenvalue weighted by atomic mass is 79.9. The molecule has 1 aliphatic rings. The number of hydrogen-bond donors (Lipinski definition) is 0. The van der Waals surface area contributed by atoms with Crippen molar-refractivity contribution >= 4 is 32.7 Å². The van der Waals surface area contributed by atoms with Crippen molar-refractivity contribution in [2.24, 2.45) is 0 Å². The van der Waals surface area contributed by atoms with Gasteiger partial charge in [0.25, 0.3) is 5.56 Å². The lowest BCUT2D eigenvalue weighted by Crippen LogP contribution is -2.50. The summed E-state index contributed by atoms with van der Waals surface area (Å²) in [7, 11) is 2.06. The molecule has 0 saturated carbocycles. The SMILES string of the molecule is CN1CCN(C(=O)Cn2cnc3ccc(Br)cc3c2=O)C(c2ccccc2)C1. The van der Waals surface area contributed by atoms with Crippen LogP contribution >= 0.6 is 15.9 Å². The first-order valence-electron chi connectivity index (χ1n) is 9.20. The fourth-order valence-electron chi connectivity index (χ4n) is 3.66.